The van der Waals surface area contributed by atoms with Gasteiger partial charge in [0.05, 0.1) is 18.7 Å². The molecular formula is C21H17ClN6O2. The van der Waals surface area contributed by atoms with Gasteiger partial charge < -0.3 is 20.4 Å². The van der Waals surface area contributed by atoms with Gasteiger partial charge in [-0.05, 0) is 35.4 Å². The van der Waals surface area contributed by atoms with Gasteiger partial charge in [-0.3, -0.25) is 4.79 Å². The van der Waals surface area contributed by atoms with Crippen LogP contribution in [0.25, 0.3) is 22.3 Å². The van der Waals surface area contributed by atoms with Gasteiger partial charge in [-0.1, -0.05) is 23.7 Å². The quantitative estimate of drug-likeness (QED) is 0.523. The van der Waals surface area contributed by atoms with Crippen molar-refractivity contribution in [3.63, 3.8) is 0 Å². The van der Waals surface area contributed by atoms with E-state index in [2.05, 4.69) is 19.9 Å². The number of nitrogens with two attached hydrogens (primary N) is 1. The summed E-state index contributed by atoms with van der Waals surface area (Å²) in [5.41, 5.74) is 10.3. The molecule has 3 N–H and O–H groups in total. The summed E-state index contributed by atoms with van der Waals surface area (Å²) in [6, 6.07) is 11.2. The van der Waals surface area contributed by atoms with Crippen LogP contribution in [-0.2, 0) is 13.1 Å². The van der Waals surface area contributed by atoms with E-state index in [1.165, 1.54) is 6.33 Å². The summed E-state index contributed by atoms with van der Waals surface area (Å²) in [6.07, 6.45) is 1.38. The molecule has 9 heteroatoms. The number of rotatable bonds is 4. The summed E-state index contributed by atoms with van der Waals surface area (Å²) >= 11 is 6.49. The molecular weight excluding hydrogens is 404 g/mol. The molecule has 3 heterocycles. The van der Waals surface area contributed by atoms with Crippen molar-refractivity contribution in [1.29, 1.82) is 0 Å². The van der Waals surface area contributed by atoms with Crippen LogP contribution in [0.3, 0.4) is 0 Å². The number of methoxy groups -OCH3 is 1. The van der Waals surface area contributed by atoms with E-state index in [-0.39, 0.29) is 5.91 Å². The number of ether oxygens (including phenoxy) is 1. The number of H-pyrrole nitrogens is 1. The van der Waals surface area contributed by atoms with Gasteiger partial charge in [0.1, 0.15) is 23.4 Å². The van der Waals surface area contributed by atoms with E-state index in [1.807, 2.05) is 30.3 Å². The third kappa shape index (κ3) is 2.93. The van der Waals surface area contributed by atoms with E-state index in [0.29, 0.717) is 52.2 Å². The molecule has 30 heavy (non-hydrogen) atoms. The summed E-state index contributed by atoms with van der Waals surface area (Å²) in [5, 5.41) is 0.569. The molecule has 4 aromatic rings. The largest absolute Gasteiger partial charge is 0.497 e. The maximum atomic E-state index is 13.0. The predicted octanol–water partition coefficient (Wildman–Crippen LogP) is 3.42. The topological polar surface area (TPSA) is 110 Å². The van der Waals surface area contributed by atoms with Crippen molar-refractivity contribution in [1.82, 2.24) is 24.8 Å². The molecule has 1 amide bonds. The second kappa shape index (κ2) is 7.00. The first-order valence-corrected chi connectivity index (χ1v) is 9.63. The maximum absolute atomic E-state index is 13.0. The number of aromatic amines is 1. The fraction of sp³-hybridized carbons (Fsp3) is 0.143. The Kier molecular flexibility index (Phi) is 4.29. The van der Waals surface area contributed by atoms with Gasteiger partial charge in [-0.2, -0.15) is 0 Å². The fourth-order valence-electron chi connectivity index (χ4n) is 3.76. The lowest BCUT2D eigenvalue weighted by Gasteiger charge is -2.14. The number of nitrogens with one attached hydrogen (secondary N) is 1. The van der Waals surface area contributed by atoms with Gasteiger partial charge in [-0.25, -0.2) is 15.0 Å². The third-order valence-corrected chi connectivity index (χ3v) is 5.52. The summed E-state index contributed by atoms with van der Waals surface area (Å²) in [5.74, 6) is 1.52. The number of aromatic nitrogens is 4. The molecule has 2 aromatic heterocycles. The number of anilines is 1. The van der Waals surface area contributed by atoms with Crippen LogP contribution in [0.5, 0.6) is 5.75 Å². The number of carbonyl (C=O) groups is 1. The van der Waals surface area contributed by atoms with Crippen LogP contribution < -0.4 is 10.5 Å². The van der Waals surface area contributed by atoms with Gasteiger partial charge in [0.2, 0.25) is 0 Å². The predicted molar refractivity (Wildman–Crippen MR) is 113 cm³/mol. The lowest BCUT2D eigenvalue weighted by atomic mass is 9.97. The minimum Gasteiger partial charge on any atom is -0.497 e. The smallest absolute Gasteiger partial charge is 0.254 e. The first kappa shape index (κ1) is 18.4. The summed E-state index contributed by atoms with van der Waals surface area (Å²) < 4.78 is 5.24. The highest BCUT2D eigenvalue weighted by Crippen LogP contribution is 2.37. The first-order chi connectivity index (χ1) is 14.5. The van der Waals surface area contributed by atoms with Crippen molar-refractivity contribution in [2.75, 3.05) is 12.8 Å². The Morgan fingerprint density at radius 2 is 2.03 bits per heavy atom. The molecule has 0 spiro atoms. The zero-order valence-electron chi connectivity index (χ0n) is 16.0. The number of carbonyl (C=O) groups excluding carboxylic acids is 1. The number of hydrogen-bond donors (Lipinski definition) is 2. The molecule has 1 aliphatic heterocycles. The van der Waals surface area contributed by atoms with E-state index in [1.54, 1.807) is 18.1 Å². The maximum Gasteiger partial charge on any atom is 0.254 e. The highest BCUT2D eigenvalue weighted by Gasteiger charge is 2.30. The number of nitrogens with zero attached hydrogens (tertiary/aromatic N) is 4. The molecule has 1 aliphatic rings. The van der Waals surface area contributed by atoms with Gasteiger partial charge in [0.25, 0.3) is 5.91 Å². The summed E-state index contributed by atoms with van der Waals surface area (Å²) in [6.45, 7) is 0.754. The monoisotopic (exact) mass is 420 g/mol. The zero-order chi connectivity index (χ0) is 20.8. The number of fused-ring (bicyclic) bond motifs is 2. The lowest BCUT2D eigenvalue weighted by Crippen LogP contribution is -2.23. The number of benzene rings is 2. The van der Waals surface area contributed by atoms with E-state index < -0.39 is 0 Å². The molecule has 0 aliphatic carbocycles. The molecule has 0 saturated carbocycles. The van der Waals surface area contributed by atoms with Gasteiger partial charge in [0.15, 0.2) is 11.5 Å². The van der Waals surface area contributed by atoms with E-state index in [9.17, 15) is 4.79 Å². The number of imidazole rings is 1. The Balaban J connectivity index is 1.48. The highest BCUT2D eigenvalue weighted by molar-refractivity contribution is 6.33. The third-order valence-electron chi connectivity index (χ3n) is 5.21. The van der Waals surface area contributed by atoms with E-state index in [0.717, 1.165) is 16.7 Å². The van der Waals surface area contributed by atoms with Crippen LogP contribution >= 0.6 is 11.6 Å². The van der Waals surface area contributed by atoms with Gasteiger partial charge >= 0.3 is 0 Å². The molecule has 2 aromatic carbocycles. The summed E-state index contributed by atoms with van der Waals surface area (Å²) in [4.78, 5) is 30.4. The zero-order valence-corrected chi connectivity index (χ0v) is 16.8. The van der Waals surface area contributed by atoms with E-state index in [4.69, 9.17) is 22.1 Å². The van der Waals surface area contributed by atoms with Crippen LogP contribution in [0.1, 0.15) is 21.7 Å². The number of amides is 1. The van der Waals surface area contributed by atoms with Crippen LogP contribution in [0, 0.1) is 0 Å². The van der Waals surface area contributed by atoms with Crippen molar-refractivity contribution in [2.24, 2.45) is 0 Å². The molecule has 0 unspecified atom stereocenters. The molecule has 0 bridgehead atoms. The van der Waals surface area contributed by atoms with E-state index >= 15 is 0 Å². The Bertz CT molecular complexity index is 1300. The number of nitrogen functional groups attached to an aromatic ring is 1. The molecule has 150 valence electrons. The number of hydrogen-bond acceptors (Lipinski definition) is 6. The van der Waals surface area contributed by atoms with Crippen LogP contribution in [0.4, 0.5) is 5.82 Å². The average Bonchev–Trinajstić information content (AvgIpc) is 3.30. The SMILES string of the molecule is COc1ccc(-c2cccc3c2CN(Cc2nc4c(N)ncnc4[nH]2)C3=O)c(Cl)c1. The molecule has 0 radical (unpaired) electrons. The minimum absolute atomic E-state index is 0.0593. The molecule has 5 rings (SSSR count). The van der Waals surface area contributed by atoms with Crippen LogP contribution in [0.2, 0.25) is 5.02 Å². The van der Waals surface area contributed by atoms with Crippen molar-refractivity contribution in [2.45, 2.75) is 13.1 Å². The Hall–Kier alpha value is -3.65. The molecule has 0 fully saturated rings. The van der Waals surface area contributed by atoms with Crippen molar-refractivity contribution >= 4 is 34.5 Å². The second-order valence-corrected chi connectivity index (χ2v) is 7.39. The number of halogens is 1. The van der Waals surface area contributed by atoms with Crippen molar-refractivity contribution in [3.05, 3.63) is 64.7 Å². The fourth-order valence-corrected chi connectivity index (χ4v) is 4.03. The Morgan fingerprint density at radius 3 is 2.80 bits per heavy atom. The first-order valence-electron chi connectivity index (χ1n) is 9.25. The van der Waals surface area contributed by atoms with Crippen molar-refractivity contribution < 1.29 is 9.53 Å². The highest BCUT2D eigenvalue weighted by atomic mass is 35.5. The average molecular weight is 421 g/mol. The molecule has 0 saturated heterocycles. The minimum atomic E-state index is -0.0593. The molecule has 0 atom stereocenters. The Morgan fingerprint density at radius 1 is 1.20 bits per heavy atom. The van der Waals surface area contributed by atoms with Crippen molar-refractivity contribution in [3.8, 4) is 16.9 Å². The lowest BCUT2D eigenvalue weighted by molar-refractivity contribution is 0.0763. The standard InChI is InChI=1S/C21H17ClN6O2/c1-30-11-5-6-13(16(22)7-11)12-3-2-4-14-15(12)8-28(21(14)29)9-17-26-18-19(23)24-10-25-20(18)27-17/h2-7,10H,8-9H2,1H3,(H3,23,24,25,26,27). The van der Waals surface area contributed by atoms with Crippen LogP contribution in [0.15, 0.2) is 42.7 Å². The summed E-state index contributed by atoms with van der Waals surface area (Å²) in [7, 11) is 1.60. The second-order valence-electron chi connectivity index (χ2n) is 6.98. The Labute approximate surface area is 176 Å². The van der Waals surface area contributed by atoms with Gasteiger partial charge in [-0.15, -0.1) is 0 Å². The normalized spacial score (nSPS) is 13.1. The molecule has 8 nitrogen and oxygen atoms in total. The van der Waals surface area contributed by atoms with Gasteiger partial charge in [0, 0.05) is 17.7 Å². The van der Waals surface area contributed by atoms with Crippen LogP contribution in [-0.4, -0.2) is 37.9 Å².